The minimum Gasteiger partial charge on any atom is -0.466 e. The number of ether oxygens (including phenoxy) is 1. The van der Waals surface area contributed by atoms with Crippen molar-refractivity contribution in [1.29, 1.82) is 0 Å². The lowest BCUT2D eigenvalue weighted by molar-refractivity contribution is -0.142. The molecule has 2 heteroatoms. The first-order chi connectivity index (χ1) is 6.20. The van der Waals surface area contributed by atoms with Crippen LogP contribution in [0.2, 0.25) is 0 Å². The Morgan fingerprint density at radius 2 is 2.15 bits per heavy atom. The molecule has 13 heavy (non-hydrogen) atoms. The number of esters is 1. The Balaban J connectivity index is 3.55. The molecule has 76 valence electrons. The van der Waals surface area contributed by atoms with E-state index in [1.807, 2.05) is 13.0 Å². The average molecular weight is 184 g/mol. The van der Waals surface area contributed by atoms with Crippen molar-refractivity contribution in [3.8, 4) is 0 Å². The van der Waals surface area contributed by atoms with Crippen LogP contribution in [0.25, 0.3) is 0 Å². The molecule has 0 rings (SSSR count). The predicted octanol–water partition coefficient (Wildman–Crippen LogP) is 2.93. The molecule has 0 aromatic heterocycles. The summed E-state index contributed by atoms with van der Waals surface area (Å²) in [6, 6.07) is 0. The highest BCUT2D eigenvalue weighted by Crippen LogP contribution is 2.06. The van der Waals surface area contributed by atoms with Crippen molar-refractivity contribution < 1.29 is 9.53 Å². The second kappa shape index (κ2) is 7.84. The summed E-state index contributed by atoms with van der Waals surface area (Å²) in [5, 5.41) is 0. The van der Waals surface area contributed by atoms with E-state index in [2.05, 4.69) is 19.9 Å². The highest BCUT2D eigenvalue weighted by molar-refractivity contribution is 5.71. The zero-order valence-corrected chi connectivity index (χ0v) is 8.88. The first-order valence-electron chi connectivity index (χ1n) is 5.03. The van der Waals surface area contributed by atoms with E-state index < -0.39 is 0 Å². The van der Waals surface area contributed by atoms with Gasteiger partial charge in [-0.2, -0.15) is 0 Å². The summed E-state index contributed by atoms with van der Waals surface area (Å²) in [4.78, 5) is 10.9. The SMILES string of the molecule is CCC[C@@H](C)C=CCC(=O)OCC. The van der Waals surface area contributed by atoms with Crippen molar-refractivity contribution in [3.63, 3.8) is 0 Å². The van der Waals surface area contributed by atoms with Gasteiger partial charge < -0.3 is 4.74 Å². The lowest BCUT2D eigenvalue weighted by Gasteiger charge is -2.02. The highest BCUT2D eigenvalue weighted by atomic mass is 16.5. The van der Waals surface area contributed by atoms with Gasteiger partial charge in [-0.3, -0.25) is 4.79 Å². The van der Waals surface area contributed by atoms with Gasteiger partial charge in [-0.05, 0) is 19.3 Å². The topological polar surface area (TPSA) is 26.3 Å². The number of allylic oxidation sites excluding steroid dienone is 1. The smallest absolute Gasteiger partial charge is 0.309 e. The van der Waals surface area contributed by atoms with Crippen LogP contribution >= 0.6 is 0 Å². The van der Waals surface area contributed by atoms with Crippen molar-refractivity contribution in [1.82, 2.24) is 0 Å². The third-order valence-electron chi connectivity index (χ3n) is 1.80. The van der Waals surface area contributed by atoms with Crippen molar-refractivity contribution in [2.24, 2.45) is 5.92 Å². The van der Waals surface area contributed by atoms with Crippen LogP contribution < -0.4 is 0 Å². The van der Waals surface area contributed by atoms with Crippen LogP contribution in [-0.4, -0.2) is 12.6 Å². The van der Waals surface area contributed by atoms with Crippen LogP contribution in [0.1, 0.15) is 40.0 Å². The predicted molar refractivity (Wildman–Crippen MR) is 54.5 cm³/mol. The summed E-state index contributed by atoms with van der Waals surface area (Å²) in [7, 11) is 0. The maximum Gasteiger partial charge on any atom is 0.309 e. The Kier molecular flexibility index (Phi) is 7.36. The van der Waals surface area contributed by atoms with E-state index in [1.54, 1.807) is 0 Å². The molecule has 0 radical (unpaired) electrons. The summed E-state index contributed by atoms with van der Waals surface area (Å²) >= 11 is 0. The quantitative estimate of drug-likeness (QED) is 0.468. The molecular formula is C11H20O2. The maximum atomic E-state index is 10.9. The third-order valence-corrected chi connectivity index (χ3v) is 1.80. The van der Waals surface area contributed by atoms with Gasteiger partial charge in [-0.25, -0.2) is 0 Å². The summed E-state index contributed by atoms with van der Waals surface area (Å²) in [6.45, 7) is 6.61. The van der Waals surface area contributed by atoms with E-state index >= 15 is 0 Å². The summed E-state index contributed by atoms with van der Waals surface area (Å²) in [5.74, 6) is 0.432. The zero-order chi connectivity index (χ0) is 10.1. The molecule has 0 spiro atoms. The monoisotopic (exact) mass is 184 g/mol. The first-order valence-corrected chi connectivity index (χ1v) is 5.03. The van der Waals surface area contributed by atoms with E-state index in [4.69, 9.17) is 4.74 Å². The summed E-state index contributed by atoms with van der Waals surface area (Å²) in [6.07, 6.45) is 6.75. The third kappa shape index (κ3) is 7.57. The van der Waals surface area contributed by atoms with Crippen LogP contribution in [0.5, 0.6) is 0 Å². The Labute approximate surface area is 81.0 Å². The molecule has 2 nitrogen and oxygen atoms in total. The van der Waals surface area contributed by atoms with Gasteiger partial charge in [0, 0.05) is 0 Å². The molecule has 0 saturated carbocycles. The van der Waals surface area contributed by atoms with E-state index in [-0.39, 0.29) is 5.97 Å². The summed E-state index contributed by atoms with van der Waals surface area (Å²) in [5.41, 5.74) is 0. The zero-order valence-electron chi connectivity index (χ0n) is 8.88. The molecule has 0 aromatic carbocycles. The Morgan fingerprint density at radius 1 is 1.46 bits per heavy atom. The second-order valence-corrected chi connectivity index (χ2v) is 3.20. The lowest BCUT2D eigenvalue weighted by atomic mass is 10.1. The van der Waals surface area contributed by atoms with Crippen molar-refractivity contribution in [3.05, 3.63) is 12.2 Å². The minimum absolute atomic E-state index is 0.137. The van der Waals surface area contributed by atoms with Crippen molar-refractivity contribution in [2.45, 2.75) is 40.0 Å². The fraction of sp³-hybridized carbons (Fsp3) is 0.727. The van der Waals surface area contributed by atoms with Gasteiger partial charge in [-0.1, -0.05) is 32.4 Å². The number of rotatable bonds is 6. The van der Waals surface area contributed by atoms with Gasteiger partial charge in [0.15, 0.2) is 0 Å². The first kappa shape index (κ1) is 12.2. The van der Waals surface area contributed by atoms with E-state index in [0.29, 0.717) is 18.9 Å². The fourth-order valence-corrected chi connectivity index (χ4v) is 1.17. The molecule has 0 N–H and O–H groups in total. The fourth-order valence-electron chi connectivity index (χ4n) is 1.17. The number of hydrogen-bond donors (Lipinski definition) is 0. The van der Waals surface area contributed by atoms with E-state index in [0.717, 1.165) is 0 Å². The number of carbonyl (C=O) groups excluding carboxylic acids is 1. The van der Waals surface area contributed by atoms with Crippen LogP contribution in [0.4, 0.5) is 0 Å². The van der Waals surface area contributed by atoms with Gasteiger partial charge in [0.1, 0.15) is 0 Å². The van der Waals surface area contributed by atoms with Crippen LogP contribution in [-0.2, 0) is 9.53 Å². The highest BCUT2D eigenvalue weighted by Gasteiger charge is 1.98. The van der Waals surface area contributed by atoms with E-state index in [1.165, 1.54) is 12.8 Å². The van der Waals surface area contributed by atoms with Crippen molar-refractivity contribution in [2.75, 3.05) is 6.61 Å². The van der Waals surface area contributed by atoms with Gasteiger partial charge in [0.05, 0.1) is 13.0 Å². The molecule has 0 aromatic rings. The van der Waals surface area contributed by atoms with Crippen LogP contribution in [0.3, 0.4) is 0 Å². The normalized spacial score (nSPS) is 13.2. The molecule has 0 aliphatic heterocycles. The van der Waals surface area contributed by atoms with Crippen LogP contribution in [0, 0.1) is 5.92 Å². The molecule has 0 unspecified atom stereocenters. The van der Waals surface area contributed by atoms with Gasteiger partial charge in [-0.15, -0.1) is 0 Å². The molecule has 0 saturated heterocycles. The van der Waals surface area contributed by atoms with Gasteiger partial charge in [0.25, 0.3) is 0 Å². The Bertz CT molecular complexity index is 161. The van der Waals surface area contributed by atoms with Crippen LogP contribution in [0.15, 0.2) is 12.2 Å². The minimum atomic E-state index is -0.137. The summed E-state index contributed by atoms with van der Waals surface area (Å²) < 4.78 is 4.79. The van der Waals surface area contributed by atoms with Gasteiger partial charge in [0.2, 0.25) is 0 Å². The molecule has 1 atom stereocenters. The molecule has 0 amide bonds. The lowest BCUT2D eigenvalue weighted by Crippen LogP contribution is -2.01. The molecule has 0 aliphatic carbocycles. The molecule has 0 aliphatic rings. The second-order valence-electron chi connectivity index (χ2n) is 3.20. The van der Waals surface area contributed by atoms with E-state index in [9.17, 15) is 4.79 Å². The molecular weight excluding hydrogens is 164 g/mol. The molecule has 0 heterocycles. The standard InChI is InChI=1S/C11H20O2/c1-4-7-10(3)8-6-9-11(12)13-5-2/h6,8,10H,4-5,7,9H2,1-3H3/t10-/m1/s1. The number of hydrogen-bond acceptors (Lipinski definition) is 2. The Hall–Kier alpha value is -0.790. The maximum absolute atomic E-state index is 10.9. The molecule has 0 fully saturated rings. The van der Waals surface area contributed by atoms with Gasteiger partial charge >= 0.3 is 5.97 Å². The number of carbonyl (C=O) groups is 1. The molecule has 0 bridgehead atoms. The van der Waals surface area contributed by atoms with Crippen molar-refractivity contribution >= 4 is 5.97 Å². The Morgan fingerprint density at radius 3 is 2.69 bits per heavy atom. The largest absolute Gasteiger partial charge is 0.466 e. The average Bonchev–Trinajstić information content (AvgIpc) is 2.05.